The van der Waals surface area contributed by atoms with Gasteiger partial charge < -0.3 is 16.0 Å². The van der Waals surface area contributed by atoms with Crippen molar-refractivity contribution < 1.29 is 9.59 Å². The van der Waals surface area contributed by atoms with Crippen LogP contribution in [0.5, 0.6) is 0 Å². The van der Waals surface area contributed by atoms with Crippen LogP contribution in [0.1, 0.15) is 39.5 Å². The molecule has 18 heavy (non-hydrogen) atoms. The Hall–Kier alpha value is -1.10. The summed E-state index contributed by atoms with van der Waals surface area (Å²) in [5.41, 5.74) is 0. The van der Waals surface area contributed by atoms with Gasteiger partial charge in [-0.3, -0.25) is 9.59 Å². The maximum Gasteiger partial charge on any atom is 0.242 e. The lowest BCUT2D eigenvalue weighted by Gasteiger charge is -2.29. The first kappa shape index (κ1) is 13.3. The van der Waals surface area contributed by atoms with Gasteiger partial charge >= 0.3 is 0 Å². The van der Waals surface area contributed by atoms with E-state index >= 15 is 0 Å². The molecule has 2 amide bonds. The SMILES string of the molecule is CC(NC(=O)C1NCCCC1C)C(=O)NC1CC1. The Kier molecular flexibility index (Phi) is 4.22. The van der Waals surface area contributed by atoms with Gasteiger partial charge in [-0.15, -0.1) is 0 Å². The van der Waals surface area contributed by atoms with E-state index in [1.54, 1.807) is 6.92 Å². The van der Waals surface area contributed by atoms with Crippen molar-refractivity contribution in [1.29, 1.82) is 0 Å². The molecule has 3 N–H and O–H groups in total. The Morgan fingerprint density at radius 3 is 2.61 bits per heavy atom. The van der Waals surface area contributed by atoms with Crippen molar-refractivity contribution >= 4 is 11.8 Å². The van der Waals surface area contributed by atoms with E-state index in [1.165, 1.54) is 0 Å². The van der Waals surface area contributed by atoms with E-state index in [1.807, 2.05) is 0 Å². The number of rotatable bonds is 4. The maximum atomic E-state index is 12.1. The van der Waals surface area contributed by atoms with E-state index in [-0.39, 0.29) is 17.9 Å². The lowest BCUT2D eigenvalue weighted by Crippen LogP contribution is -2.55. The normalized spacial score (nSPS) is 29.4. The number of carbonyl (C=O) groups excluding carboxylic acids is 2. The summed E-state index contributed by atoms with van der Waals surface area (Å²) in [6.07, 6.45) is 4.30. The minimum Gasteiger partial charge on any atom is -0.352 e. The fourth-order valence-electron chi connectivity index (χ4n) is 2.32. The molecule has 1 aliphatic carbocycles. The molecule has 5 nitrogen and oxygen atoms in total. The van der Waals surface area contributed by atoms with E-state index in [0.29, 0.717) is 12.0 Å². The smallest absolute Gasteiger partial charge is 0.242 e. The van der Waals surface area contributed by atoms with E-state index in [9.17, 15) is 9.59 Å². The summed E-state index contributed by atoms with van der Waals surface area (Å²) in [5.74, 6) is 0.201. The Balaban J connectivity index is 1.79. The van der Waals surface area contributed by atoms with E-state index in [0.717, 1.165) is 32.2 Å². The van der Waals surface area contributed by atoms with Gasteiger partial charge in [-0.05, 0) is 45.1 Å². The third-order valence-electron chi connectivity index (χ3n) is 3.73. The predicted octanol–water partition coefficient (Wildman–Crippen LogP) is 0.158. The van der Waals surface area contributed by atoms with E-state index in [4.69, 9.17) is 0 Å². The second kappa shape index (κ2) is 5.69. The van der Waals surface area contributed by atoms with Crippen molar-refractivity contribution in [3.8, 4) is 0 Å². The van der Waals surface area contributed by atoms with Gasteiger partial charge in [-0.25, -0.2) is 0 Å². The quantitative estimate of drug-likeness (QED) is 0.668. The lowest BCUT2D eigenvalue weighted by atomic mass is 9.92. The van der Waals surface area contributed by atoms with Gasteiger partial charge in [0.05, 0.1) is 6.04 Å². The van der Waals surface area contributed by atoms with Crippen molar-refractivity contribution in [2.75, 3.05) is 6.54 Å². The molecule has 0 bridgehead atoms. The number of hydrogen-bond acceptors (Lipinski definition) is 3. The molecule has 5 heteroatoms. The average Bonchev–Trinajstić information content (AvgIpc) is 3.13. The fourth-order valence-corrected chi connectivity index (χ4v) is 2.32. The number of nitrogens with one attached hydrogen (secondary N) is 3. The molecule has 0 aromatic carbocycles. The van der Waals surface area contributed by atoms with Crippen LogP contribution in [0.25, 0.3) is 0 Å². The molecular weight excluding hydrogens is 230 g/mol. The molecule has 3 atom stereocenters. The lowest BCUT2D eigenvalue weighted by molar-refractivity contribution is -0.130. The Bertz CT molecular complexity index is 328. The molecule has 1 saturated heterocycles. The minimum absolute atomic E-state index is 0.0550. The fraction of sp³-hybridized carbons (Fsp3) is 0.846. The summed E-state index contributed by atoms with van der Waals surface area (Å²) < 4.78 is 0. The van der Waals surface area contributed by atoms with Crippen LogP contribution in [-0.4, -0.2) is 36.5 Å². The summed E-state index contributed by atoms with van der Waals surface area (Å²) in [4.78, 5) is 23.8. The van der Waals surface area contributed by atoms with Crippen molar-refractivity contribution in [3.63, 3.8) is 0 Å². The average molecular weight is 253 g/mol. The van der Waals surface area contributed by atoms with Crippen molar-refractivity contribution in [1.82, 2.24) is 16.0 Å². The summed E-state index contributed by atoms with van der Waals surface area (Å²) in [6.45, 7) is 4.69. The van der Waals surface area contributed by atoms with Crippen LogP contribution in [0.15, 0.2) is 0 Å². The number of hydrogen-bond donors (Lipinski definition) is 3. The Morgan fingerprint density at radius 2 is 2.00 bits per heavy atom. The number of carbonyl (C=O) groups is 2. The standard InChI is InChI=1S/C13H23N3O2/c1-8-4-3-7-14-11(8)13(18)15-9(2)12(17)16-10-5-6-10/h8-11,14H,3-7H2,1-2H3,(H,15,18)(H,16,17). The number of piperidine rings is 1. The molecule has 2 aliphatic rings. The molecule has 2 rings (SSSR count). The van der Waals surface area contributed by atoms with Crippen LogP contribution in [0, 0.1) is 5.92 Å². The second-order valence-electron chi connectivity index (χ2n) is 5.56. The Morgan fingerprint density at radius 1 is 1.28 bits per heavy atom. The summed E-state index contributed by atoms with van der Waals surface area (Å²) in [5, 5.41) is 8.92. The third kappa shape index (κ3) is 3.45. The topological polar surface area (TPSA) is 70.2 Å². The summed E-state index contributed by atoms with van der Waals surface area (Å²) in [7, 11) is 0. The molecule has 0 spiro atoms. The zero-order chi connectivity index (χ0) is 13.1. The molecule has 0 aromatic rings. The highest BCUT2D eigenvalue weighted by Crippen LogP contribution is 2.19. The van der Waals surface area contributed by atoms with Gasteiger partial charge in [0.25, 0.3) is 0 Å². The first-order valence-electron chi connectivity index (χ1n) is 6.92. The molecule has 2 fully saturated rings. The van der Waals surface area contributed by atoms with E-state index < -0.39 is 6.04 Å². The van der Waals surface area contributed by atoms with Crippen LogP contribution in [0.3, 0.4) is 0 Å². The molecule has 0 aromatic heterocycles. The van der Waals surface area contributed by atoms with Crippen molar-refractivity contribution in [2.45, 2.75) is 57.7 Å². The van der Waals surface area contributed by atoms with Gasteiger partial charge in [0.15, 0.2) is 0 Å². The molecule has 0 radical (unpaired) electrons. The summed E-state index contributed by atoms with van der Waals surface area (Å²) in [6, 6.07) is -0.271. The van der Waals surface area contributed by atoms with Crippen molar-refractivity contribution in [3.05, 3.63) is 0 Å². The van der Waals surface area contributed by atoms with Gasteiger partial charge in [-0.2, -0.15) is 0 Å². The highest BCUT2D eigenvalue weighted by atomic mass is 16.2. The molecule has 1 saturated carbocycles. The van der Waals surface area contributed by atoms with Crippen LogP contribution in [-0.2, 0) is 9.59 Å². The van der Waals surface area contributed by atoms with Gasteiger partial charge in [0.1, 0.15) is 6.04 Å². The summed E-state index contributed by atoms with van der Waals surface area (Å²) >= 11 is 0. The maximum absolute atomic E-state index is 12.1. The largest absolute Gasteiger partial charge is 0.352 e. The van der Waals surface area contributed by atoms with Crippen LogP contribution in [0.2, 0.25) is 0 Å². The highest BCUT2D eigenvalue weighted by molar-refractivity contribution is 5.89. The Labute approximate surface area is 108 Å². The van der Waals surface area contributed by atoms with Crippen LogP contribution in [0.4, 0.5) is 0 Å². The number of amides is 2. The molecule has 3 unspecified atom stereocenters. The predicted molar refractivity (Wildman–Crippen MR) is 69.0 cm³/mol. The minimum atomic E-state index is -0.450. The van der Waals surface area contributed by atoms with Gasteiger partial charge in [0.2, 0.25) is 11.8 Å². The highest BCUT2D eigenvalue weighted by Gasteiger charge is 2.30. The third-order valence-corrected chi connectivity index (χ3v) is 3.73. The molecule has 1 aliphatic heterocycles. The zero-order valence-electron chi connectivity index (χ0n) is 11.2. The first-order valence-corrected chi connectivity index (χ1v) is 6.92. The van der Waals surface area contributed by atoms with Gasteiger partial charge in [0, 0.05) is 6.04 Å². The van der Waals surface area contributed by atoms with Crippen molar-refractivity contribution in [2.24, 2.45) is 5.92 Å². The monoisotopic (exact) mass is 253 g/mol. The van der Waals surface area contributed by atoms with E-state index in [2.05, 4.69) is 22.9 Å². The molecule has 1 heterocycles. The first-order chi connectivity index (χ1) is 8.58. The molecular formula is C13H23N3O2. The van der Waals surface area contributed by atoms with Crippen LogP contribution < -0.4 is 16.0 Å². The van der Waals surface area contributed by atoms with Crippen LogP contribution >= 0.6 is 0 Å². The second-order valence-corrected chi connectivity index (χ2v) is 5.56. The molecule has 102 valence electrons. The van der Waals surface area contributed by atoms with Gasteiger partial charge in [-0.1, -0.05) is 6.92 Å². The zero-order valence-corrected chi connectivity index (χ0v) is 11.2.